The topological polar surface area (TPSA) is 42.7 Å². The Morgan fingerprint density at radius 3 is 3.06 bits per heavy atom. The lowest BCUT2D eigenvalue weighted by Crippen LogP contribution is -2.16. The Labute approximate surface area is 99.3 Å². The van der Waals surface area contributed by atoms with Crippen LogP contribution in [0, 0.1) is 6.92 Å². The number of nitrogens with one attached hydrogen (secondary N) is 1. The van der Waals surface area contributed by atoms with Gasteiger partial charge in [0.25, 0.3) is 0 Å². The lowest BCUT2D eigenvalue weighted by atomic mass is 10.4. The van der Waals surface area contributed by atoms with Crippen LogP contribution in [0.1, 0.15) is 16.2 Å². The Hall–Kier alpha value is -1.20. The lowest BCUT2D eigenvalue weighted by Gasteiger charge is -2.02. The highest BCUT2D eigenvalue weighted by molar-refractivity contribution is 7.11. The van der Waals surface area contributed by atoms with Gasteiger partial charge in [0.2, 0.25) is 0 Å². The molecule has 0 fully saturated rings. The fourth-order valence-electron chi connectivity index (χ4n) is 1.51. The van der Waals surface area contributed by atoms with E-state index in [-0.39, 0.29) is 0 Å². The van der Waals surface area contributed by atoms with Crippen molar-refractivity contribution < 1.29 is 0 Å². The van der Waals surface area contributed by atoms with Crippen LogP contribution in [0.5, 0.6) is 0 Å². The quantitative estimate of drug-likeness (QED) is 0.778. The number of nitrogens with zero attached hydrogens (tertiary/aromatic N) is 3. The van der Waals surface area contributed by atoms with Gasteiger partial charge in [-0.3, -0.25) is 4.68 Å². The molecule has 86 valence electrons. The van der Waals surface area contributed by atoms with Crippen LogP contribution in [0.25, 0.3) is 0 Å². The first-order chi connectivity index (χ1) is 7.84. The van der Waals surface area contributed by atoms with Gasteiger partial charge in [-0.25, -0.2) is 0 Å². The molecule has 0 atom stereocenters. The molecule has 5 heteroatoms. The molecule has 0 unspecified atom stereocenters. The average Bonchev–Trinajstić information content (AvgIpc) is 2.89. The number of thiophene rings is 1. The molecule has 2 heterocycles. The summed E-state index contributed by atoms with van der Waals surface area (Å²) < 4.78 is 1.86. The van der Waals surface area contributed by atoms with Gasteiger partial charge in [-0.1, -0.05) is 5.21 Å². The highest BCUT2D eigenvalue weighted by atomic mass is 32.1. The van der Waals surface area contributed by atoms with Crippen molar-refractivity contribution in [2.45, 2.75) is 26.4 Å². The van der Waals surface area contributed by atoms with E-state index in [0.29, 0.717) is 0 Å². The molecule has 0 aromatic carbocycles. The molecule has 0 radical (unpaired) electrons. The Kier molecular flexibility index (Phi) is 4.07. The van der Waals surface area contributed by atoms with E-state index in [1.54, 1.807) is 6.20 Å². The molecule has 0 saturated carbocycles. The first kappa shape index (κ1) is 11.3. The molecule has 0 amide bonds. The first-order valence-corrected chi connectivity index (χ1v) is 6.26. The van der Waals surface area contributed by atoms with Crippen LogP contribution in [0.2, 0.25) is 0 Å². The fourth-order valence-corrected chi connectivity index (χ4v) is 2.37. The van der Waals surface area contributed by atoms with Crippen molar-refractivity contribution in [2.24, 2.45) is 0 Å². The lowest BCUT2D eigenvalue weighted by molar-refractivity contribution is 0.531. The predicted molar refractivity (Wildman–Crippen MR) is 65.4 cm³/mol. The van der Waals surface area contributed by atoms with E-state index in [1.807, 2.05) is 22.2 Å². The maximum absolute atomic E-state index is 3.92. The zero-order chi connectivity index (χ0) is 11.2. The molecular formula is C11H16N4S. The van der Waals surface area contributed by atoms with Crippen LogP contribution < -0.4 is 5.32 Å². The maximum atomic E-state index is 3.92. The Bertz CT molecular complexity index is 407. The van der Waals surface area contributed by atoms with Crippen LogP contribution in [0.15, 0.2) is 24.5 Å². The predicted octanol–water partition coefficient (Wildman–Crippen LogP) is 1.83. The molecule has 0 spiro atoms. The van der Waals surface area contributed by atoms with Crippen LogP contribution >= 0.6 is 11.3 Å². The number of hydrogen-bond donors (Lipinski definition) is 1. The molecule has 2 aromatic rings. The zero-order valence-corrected chi connectivity index (χ0v) is 10.2. The highest BCUT2D eigenvalue weighted by Crippen LogP contribution is 2.14. The SMILES string of the molecule is Cc1ccc(CNCCCn2ccnn2)s1. The molecule has 1 N–H and O–H groups in total. The Balaban J connectivity index is 1.59. The van der Waals surface area contributed by atoms with E-state index in [1.165, 1.54) is 9.75 Å². The van der Waals surface area contributed by atoms with Crippen molar-refractivity contribution in [3.05, 3.63) is 34.3 Å². The summed E-state index contributed by atoms with van der Waals surface area (Å²) in [5, 5.41) is 11.1. The first-order valence-electron chi connectivity index (χ1n) is 5.45. The van der Waals surface area contributed by atoms with Crippen LogP contribution in [0.3, 0.4) is 0 Å². The van der Waals surface area contributed by atoms with Crippen molar-refractivity contribution in [2.75, 3.05) is 6.54 Å². The van der Waals surface area contributed by atoms with Gasteiger partial charge in [0, 0.05) is 29.0 Å². The highest BCUT2D eigenvalue weighted by Gasteiger charge is 1.96. The minimum absolute atomic E-state index is 0.927. The Morgan fingerprint density at radius 1 is 1.44 bits per heavy atom. The van der Waals surface area contributed by atoms with Crippen LogP contribution in [0.4, 0.5) is 0 Å². The normalized spacial score (nSPS) is 10.8. The summed E-state index contributed by atoms with van der Waals surface area (Å²) in [6.45, 7) is 5.04. The van der Waals surface area contributed by atoms with Gasteiger partial charge in [0.15, 0.2) is 0 Å². The minimum Gasteiger partial charge on any atom is -0.312 e. The van der Waals surface area contributed by atoms with E-state index in [2.05, 4.69) is 34.7 Å². The summed E-state index contributed by atoms with van der Waals surface area (Å²) in [6, 6.07) is 4.35. The van der Waals surface area contributed by atoms with E-state index in [4.69, 9.17) is 0 Å². The monoisotopic (exact) mass is 236 g/mol. The summed E-state index contributed by atoms with van der Waals surface area (Å²) in [6.07, 6.45) is 4.68. The molecule has 2 rings (SSSR count). The molecule has 0 aliphatic rings. The second kappa shape index (κ2) is 5.77. The van der Waals surface area contributed by atoms with Crippen molar-refractivity contribution in [1.82, 2.24) is 20.3 Å². The number of aromatic nitrogens is 3. The molecule has 16 heavy (non-hydrogen) atoms. The summed E-state index contributed by atoms with van der Waals surface area (Å²) in [5.74, 6) is 0. The second-order valence-corrected chi connectivity index (χ2v) is 5.08. The maximum Gasteiger partial charge on any atom is 0.0692 e. The summed E-state index contributed by atoms with van der Waals surface area (Å²) >= 11 is 1.85. The number of hydrogen-bond acceptors (Lipinski definition) is 4. The number of rotatable bonds is 6. The third kappa shape index (κ3) is 3.43. The average molecular weight is 236 g/mol. The van der Waals surface area contributed by atoms with Crippen molar-refractivity contribution >= 4 is 11.3 Å². The third-order valence-corrected chi connectivity index (χ3v) is 3.31. The van der Waals surface area contributed by atoms with Gasteiger partial charge in [-0.2, -0.15) is 0 Å². The van der Waals surface area contributed by atoms with Crippen LogP contribution in [-0.2, 0) is 13.1 Å². The van der Waals surface area contributed by atoms with Crippen LogP contribution in [-0.4, -0.2) is 21.5 Å². The summed E-state index contributed by atoms with van der Waals surface area (Å²) in [7, 11) is 0. The molecule has 0 aliphatic carbocycles. The summed E-state index contributed by atoms with van der Waals surface area (Å²) in [4.78, 5) is 2.78. The molecule has 2 aromatic heterocycles. The van der Waals surface area contributed by atoms with Crippen molar-refractivity contribution in [3.63, 3.8) is 0 Å². The minimum atomic E-state index is 0.927. The van der Waals surface area contributed by atoms with Crippen molar-refractivity contribution in [1.29, 1.82) is 0 Å². The zero-order valence-electron chi connectivity index (χ0n) is 9.39. The van der Waals surface area contributed by atoms with Gasteiger partial charge in [0.1, 0.15) is 0 Å². The number of aryl methyl sites for hydroxylation is 2. The van der Waals surface area contributed by atoms with E-state index < -0.39 is 0 Å². The van der Waals surface area contributed by atoms with E-state index >= 15 is 0 Å². The largest absolute Gasteiger partial charge is 0.312 e. The molecule has 0 saturated heterocycles. The molecule has 4 nitrogen and oxygen atoms in total. The van der Waals surface area contributed by atoms with Gasteiger partial charge < -0.3 is 5.32 Å². The molecule has 0 aliphatic heterocycles. The van der Waals surface area contributed by atoms with Gasteiger partial charge in [-0.15, -0.1) is 16.4 Å². The van der Waals surface area contributed by atoms with E-state index in [9.17, 15) is 0 Å². The van der Waals surface area contributed by atoms with E-state index in [0.717, 1.165) is 26.1 Å². The van der Waals surface area contributed by atoms with Gasteiger partial charge in [0.05, 0.1) is 6.20 Å². The van der Waals surface area contributed by atoms with Crippen molar-refractivity contribution in [3.8, 4) is 0 Å². The summed E-state index contributed by atoms with van der Waals surface area (Å²) in [5.41, 5.74) is 0. The van der Waals surface area contributed by atoms with Gasteiger partial charge >= 0.3 is 0 Å². The third-order valence-electron chi connectivity index (χ3n) is 2.31. The fraction of sp³-hybridized carbons (Fsp3) is 0.455. The molecule has 0 bridgehead atoms. The smallest absolute Gasteiger partial charge is 0.0692 e. The van der Waals surface area contributed by atoms with Gasteiger partial charge in [-0.05, 0) is 32.0 Å². The molecular weight excluding hydrogens is 220 g/mol. The second-order valence-electron chi connectivity index (χ2n) is 3.71. The standard InChI is InChI=1S/C11H16N4S/c1-10-3-4-11(16-10)9-12-5-2-7-15-8-6-13-14-15/h3-4,6,8,12H,2,5,7,9H2,1H3. The Morgan fingerprint density at radius 2 is 2.38 bits per heavy atom.